The van der Waals surface area contributed by atoms with E-state index in [0.717, 1.165) is 6.42 Å². The average Bonchev–Trinajstić information content (AvgIpc) is 3.00. The van der Waals surface area contributed by atoms with E-state index in [9.17, 15) is 10.1 Å². The Labute approximate surface area is 103 Å². The lowest BCUT2D eigenvalue weighted by atomic mass is 10.2. The molecule has 0 aliphatic carbocycles. The summed E-state index contributed by atoms with van der Waals surface area (Å²) in [4.78, 5) is 16.3. The Morgan fingerprint density at radius 3 is 2.94 bits per heavy atom. The van der Waals surface area contributed by atoms with Crippen LogP contribution in [0.15, 0.2) is 18.5 Å². The molecule has 0 bridgehead atoms. The minimum absolute atomic E-state index is 0.0209. The van der Waals surface area contributed by atoms with Crippen LogP contribution in [0.2, 0.25) is 0 Å². The van der Waals surface area contributed by atoms with Crippen LogP contribution in [0.5, 0.6) is 0 Å². The fourth-order valence-electron chi connectivity index (χ4n) is 2.48. The molecule has 0 N–H and O–H groups in total. The van der Waals surface area contributed by atoms with E-state index < -0.39 is 10.7 Å². The van der Waals surface area contributed by atoms with Crippen LogP contribution in [0.1, 0.15) is 6.42 Å². The van der Waals surface area contributed by atoms with Crippen LogP contribution in [0.4, 0.5) is 11.4 Å². The summed E-state index contributed by atoms with van der Waals surface area (Å²) in [6.45, 7) is 2.39. The van der Waals surface area contributed by atoms with E-state index in [0.29, 0.717) is 32.0 Å². The van der Waals surface area contributed by atoms with Gasteiger partial charge in [0.05, 0.1) is 24.7 Å². The molecule has 0 unspecified atom stereocenters. The van der Waals surface area contributed by atoms with Crippen molar-refractivity contribution in [1.29, 1.82) is 0 Å². The van der Waals surface area contributed by atoms with Gasteiger partial charge in [-0.1, -0.05) is 0 Å². The molecular formula is C11H13N3O4. The summed E-state index contributed by atoms with van der Waals surface area (Å²) in [7, 11) is 0. The number of nitro groups is 1. The quantitative estimate of drug-likeness (QED) is 0.575. The van der Waals surface area contributed by atoms with E-state index in [2.05, 4.69) is 4.98 Å². The molecule has 2 aliphatic rings. The third-order valence-electron chi connectivity index (χ3n) is 3.32. The van der Waals surface area contributed by atoms with Gasteiger partial charge < -0.3 is 14.4 Å². The van der Waals surface area contributed by atoms with Crippen molar-refractivity contribution in [3.63, 3.8) is 0 Å². The van der Waals surface area contributed by atoms with Crippen molar-refractivity contribution in [3.8, 4) is 0 Å². The highest BCUT2D eigenvalue weighted by atomic mass is 16.7. The smallest absolute Gasteiger partial charge is 0.310 e. The van der Waals surface area contributed by atoms with Crippen LogP contribution in [0.25, 0.3) is 0 Å². The van der Waals surface area contributed by atoms with Crippen LogP contribution in [0.3, 0.4) is 0 Å². The van der Waals surface area contributed by atoms with Crippen LogP contribution in [0, 0.1) is 10.1 Å². The summed E-state index contributed by atoms with van der Waals surface area (Å²) < 4.78 is 11.2. The molecule has 2 aliphatic heterocycles. The highest BCUT2D eigenvalue weighted by Crippen LogP contribution is 2.36. The summed E-state index contributed by atoms with van der Waals surface area (Å²) in [5.41, 5.74) is 0.596. The lowest BCUT2D eigenvalue weighted by Crippen LogP contribution is -2.34. The molecule has 3 rings (SSSR count). The highest BCUT2D eigenvalue weighted by Gasteiger charge is 2.44. The minimum atomic E-state index is -0.572. The third-order valence-corrected chi connectivity index (χ3v) is 3.32. The highest BCUT2D eigenvalue weighted by molar-refractivity contribution is 5.62. The van der Waals surface area contributed by atoms with Crippen LogP contribution >= 0.6 is 0 Å². The second-order valence-electron chi connectivity index (χ2n) is 4.40. The van der Waals surface area contributed by atoms with E-state index in [1.807, 2.05) is 4.90 Å². The van der Waals surface area contributed by atoms with Gasteiger partial charge in [0, 0.05) is 19.2 Å². The van der Waals surface area contributed by atoms with E-state index in [1.165, 1.54) is 6.20 Å². The van der Waals surface area contributed by atoms with Crippen molar-refractivity contribution in [2.75, 3.05) is 31.2 Å². The van der Waals surface area contributed by atoms with E-state index in [4.69, 9.17) is 9.47 Å². The molecule has 96 valence electrons. The van der Waals surface area contributed by atoms with Gasteiger partial charge in [-0.25, -0.2) is 0 Å². The van der Waals surface area contributed by atoms with Crippen molar-refractivity contribution in [3.05, 3.63) is 28.6 Å². The fraction of sp³-hybridized carbons (Fsp3) is 0.545. The minimum Gasteiger partial charge on any atom is -0.360 e. The Morgan fingerprint density at radius 1 is 1.44 bits per heavy atom. The maximum absolute atomic E-state index is 11.0. The summed E-state index contributed by atoms with van der Waals surface area (Å²) in [5.74, 6) is -0.572. The van der Waals surface area contributed by atoms with Crippen molar-refractivity contribution >= 4 is 11.4 Å². The van der Waals surface area contributed by atoms with Gasteiger partial charge in [0.25, 0.3) is 0 Å². The van der Waals surface area contributed by atoms with Gasteiger partial charge in [-0.3, -0.25) is 15.1 Å². The first-order valence-electron chi connectivity index (χ1n) is 5.81. The molecule has 2 fully saturated rings. The van der Waals surface area contributed by atoms with Crippen molar-refractivity contribution in [2.24, 2.45) is 0 Å². The SMILES string of the molecule is O=[N+]([O-])c1cnccc1N1CCC2(C1)OCCO2. The monoisotopic (exact) mass is 251 g/mol. The van der Waals surface area contributed by atoms with Crippen LogP contribution in [-0.2, 0) is 9.47 Å². The number of anilines is 1. The first kappa shape index (κ1) is 11.4. The second kappa shape index (κ2) is 4.18. The van der Waals surface area contributed by atoms with Gasteiger partial charge >= 0.3 is 5.69 Å². The van der Waals surface area contributed by atoms with Crippen molar-refractivity contribution in [2.45, 2.75) is 12.2 Å². The second-order valence-corrected chi connectivity index (χ2v) is 4.40. The maximum atomic E-state index is 11.0. The average molecular weight is 251 g/mol. The number of rotatable bonds is 2. The molecule has 2 saturated heterocycles. The molecule has 0 amide bonds. The van der Waals surface area contributed by atoms with E-state index in [-0.39, 0.29) is 5.69 Å². The first-order valence-corrected chi connectivity index (χ1v) is 5.81. The number of hydrogen-bond donors (Lipinski definition) is 0. The Bertz CT molecular complexity index is 473. The van der Waals surface area contributed by atoms with Crippen molar-refractivity contribution < 1.29 is 14.4 Å². The van der Waals surface area contributed by atoms with Crippen molar-refractivity contribution in [1.82, 2.24) is 4.98 Å². The number of hydrogen-bond acceptors (Lipinski definition) is 6. The molecule has 1 aromatic heterocycles. The lowest BCUT2D eigenvalue weighted by Gasteiger charge is -2.23. The number of pyridine rings is 1. The zero-order valence-electron chi connectivity index (χ0n) is 9.74. The van der Waals surface area contributed by atoms with Gasteiger partial charge in [0.2, 0.25) is 0 Å². The molecule has 1 aromatic rings. The Hall–Kier alpha value is -1.73. The molecule has 0 aromatic carbocycles. The number of nitrogens with zero attached hydrogens (tertiary/aromatic N) is 3. The molecule has 0 saturated carbocycles. The van der Waals surface area contributed by atoms with E-state index >= 15 is 0 Å². The van der Waals surface area contributed by atoms with Gasteiger partial charge in [-0.2, -0.15) is 0 Å². The number of ether oxygens (including phenoxy) is 2. The predicted molar refractivity (Wildman–Crippen MR) is 62.4 cm³/mol. The standard InChI is InChI=1S/C11H13N3O4/c15-14(16)10-7-12-3-1-9(10)13-4-2-11(8-13)17-5-6-18-11/h1,3,7H,2,4-6,8H2. The molecular weight excluding hydrogens is 238 g/mol. The Balaban J connectivity index is 1.86. The molecule has 0 atom stereocenters. The van der Waals surface area contributed by atoms with E-state index in [1.54, 1.807) is 12.3 Å². The maximum Gasteiger partial charge on any atom is 0.310 e. The number of aromatic nitrogens is 1. The van der Waals surface area contributed by atoms with Gasteiger partial charge in [-0.05, 0) is 6.07 Å². The molecule has 7 nitrogen and oxygen atoms in total. The zero-order valence-corrected chi connectivity index (χ0v) is 9.74. The summed E-state index contributed by atoms with van der Waals surface area (Å²) in [5, 5.41) is 11.0. The fourth-order valence-corrected chi connectivity index (χ4v) is 2.48. The first-order chi connectivity index (χ1) is 8.70. The summed E-state index contributed by atoms with van der Waals surface area (Å²) in [6, 6.07) is 1.66. The lowest BCUT2D eigenvalue weighted by molar-refractivity contribution is -0.384. The topological polar surface area (TPSA) is 77.7 Å². The molecule has 3 heterocycles. The van der Waals surface area contributed by atoms with Crippen LogP contribution in [-0.4, -0.2) is 42.0 Å². The molecule has 0 radical (unpaired) electrons. The van der Waals surface area contributed by atoms with Gasteiger partial charge in [-0.15, -0.1) is 0 Å². The molecule has 18 heavy (non-hydrogen) atoms. The summed E-state index contributed by atoms with van der Waals surface area (Å²) >= 11 is 0. The third kappa shape index (κ3) is 1.81. The van der Waals surface area contributed by atoms with Gasteiger partial charge in [0.15, 0.2) is 5.79 Å². The van der Waals surface area contributed by atoms with Gasteiger partial charge in [0.1, 0.15) is 11.9 Å². The zero-order chi connectivity index (χ0) is 12.6. The molecule has 1 spiro atoms. The predicted octanol–water partition coefficient (Wildman–Crippen LogP) is 0.943. The van der Waals surface area contributed by atoms with Crippen LogP contribution < -0.4 is 4.90 Å². The Morgan fingerprint density at radius 2 is 2.22 bits per heavy atom. The summed E-state index contributed by atoms with van der Waals surface area (Å²) in [6.07, 6.45) is 3.56. The molecule has 7 heteroatoms. The Kier molecular flexibility index (Phi) is 2.64. The normalized spacial score (nSPS) is 21.7. The largest absolute Gasteiger partial charge is 0.360 e.